The van der Waals surface area contributed by atoms with Crippen molar-refractivity contribution >= 4 is 0 Å². The van der Waals surface area contributed by atoms with Crippen molar-refractivity contribution in [3.8, 4) is 0 Å². The Morgan fingerprint density at radius 2 is 1.33 bits per heavy atom. The van der Waals surface area contributed by atoms with Crippen LogP contribution in [-0.4, -0.2) is 0 Å². The molecule has 0 aliphatic rings. The van der Waals surface area contributed by atoms with Crippen molar-refractivity contribution in [3.05, 3.63) is 71.8 Å². The van der Waals surface area contributed by atoms with Gasteiger partial charge in [-0.15, -0.1) is 0 Å². The van der Waals surface area contributed by atoms with Crippen LogP contribution in [-0.2, 0) is 6.42 Å². The monoisotopic (exact) mass is 238 g/mol. The molecule has 0 saturated heterocycles. The van der Waals surface area contributed by atoms with Crippen LogP contribution in [0.2, 0.25) is 0 Å². The highest BCUT2D eigenvalue weighted by Gasteiger charge is 2.10. The molecular weight excluding hydrogens is 216 g/mol. The van der Waals surface area contributed by atoms with Crippen molar-refractivity contribution in [2.24, 2.45) is 5.92 Å². The highest BCUT2D eigenvalue weighted by molar-refractivity contribution is 5.19. The summed E-state index contributed by atoms with van der Waals surface area (Å²) >= 11 is 0. The maximum absolute atomic E-state index is 2.35. The van der Waals surface area contributed by atoms with Gasteiger partial charge in [-0.2, -0.15) is 0 Å². The zero-order valence-corrected chi connectivity index (χ0v) is 11.3. The maximum atomic E-state index is 2.35. The summed E-state index contributed by atoms with van der Waals surface area (Å²) in [6.07, 6.45) is 2.43. The second-order valence-electron chi connectivity index (χ2n) is 5.34. The molecule has 0 saturated carbocycles. The van der Waals surface area contributed by atoms with Gasteiger partial charge in [0.05, 0.1) is 0 Å². The SMILES string of the molecule is CC(Cc1ccccc1)CC(C)c1ccccc1. The number of rotatable bonds is 5. The standard InChI is InChI=1S/C18H22/c1-15(14-17-9-5-3-6-10-17)13-16(2)18-11-7-4-8-12-18/h3-12,15-16H,13-14H2,1-2H3. The van der Waals surface area contributed by atoms with Crippen LogP contribution in [0.1, 0.15) is 37.3 Å². The summed E-state index contributed by atoms with van der Waals surface area (Å²) in [5.74, 6) is 1.37. The lowest BCUT2D eigenvalue weighted by atomic mass is 9.88. The lowest BCUT2D eigenvalue weighted by Crippen LogP contribution is -2.05. The van der Waals surface area contributed by atoms with Gasteiger partial charge in [0.15, 0.2) is 0 Å². The molecule has 0 aromatic heterocycles. The molecule has 2 unspecified atom stereocenters. The van der Waals surface area contributed by atoms with Gasteiger partial charge in [0.25, 0.3) is 0 Å². The van der Waals surface area contributed by atoms with E-state index in [9.17, 15) is 0 Å². The Balaban J connectivity index is 1.90. The van der Waals surface area contributed by atoms with E-state index in [4.69, 9.17) is 0 Å². The molecule has 2 aromatic rings. The van der Waals surface area contributed by atoms with Crippen LogP contribution >= 0.6 is 0 Å². The molecule has 0 fully saturated rings. The van der Waals surface area contributed by atoms with Crippen molar-refractivity contribution in [1.82, 2.24) is 0 Å². The third-order valence-corrected chi connectivity index (χ3v) is 3.55. The third kappa shape index (κ3) is 3.73. The van der Waals surface area contributed by atoms with Crippen molar-refractivity contribution in [2.75, 3.05) is 0 Å². The summed E-state index contributed by atoms with van der Waals surface area (Å²) in [7, 11) is 0. The summed E-state index contributed by atoms with van der Waals surface area (Å²) in [5.41, 5.74) is 2.91. The lowest BCUT2D eigenvalue weighted by molar-refractivity contribution is 0.482. The van der Waals surface area contributed by atoms with E-state index in [-0.39, 0.29) is 0 Å². The minimum absolute atomic E-state index is 0.643. The van der Waals surface area contributed by atoms with E-state index in [2.05, 4.69) is 74.5 Å². The molecule has 0 N–H and O–H groups in total. The van der Waals surface area contributed by atoms with Crippen molar-refractivity contribution in [1.29, 1.82) is 0 Å². The zero-order valence-electron chi connectivity index (χ0n) is 11.3. The van der Waals surface area contributed by atoms with E-state index in [0.717, 1.165) is 5.92 Å². The van der Waals surface area contributed by atoms with E-state index in [0.29, 0.717) is 5.92 Å². The first-order chi connectivity index (χ1) is 8.75. The molecule has 0 bridgehead atoms. The van der Waals surface area contributed by atoms with E-state index in [1.807, 2.05) is 0 Å². The van der Waals surface area contributed by atoms with Gasteiger partial charge < -0.3 is 0 Å². The molecule has 0 spiro atoms. The van der Waals surface area contributed by atoms with Gasteiger partial charge >= 0.3 is 0 Å². The number of benzene rings is 2. The smallest absolute Gasteiger partial charge is 0.0188 e. The molecule has 0 heteroatoms. The predicted octanol–water partition coefficient (Wildman–Crippen LogP) is 5.06. The Morgan fingerprint density at radius 3 is 1.94 bits per heavy atom. The minimum Gasteiger partial charge on any atom is -0.0622 e. The molecular formula is C18H22. The molecule has 0 aliphatic carbocycles. The van der Waals surface area contributed by atoms with Crippen LogP contribution in [0.25, 0.3) is 0 Å². The Morgan fingerprint density at radius 1 is 0.778 bits per heavy atom. The average molecular weight is 238 g/mol. The van der Waals surface area contributed by atoms with E-state index in [1.54, 1.807) is 0 Å². The van der Waals surface area contributed by atoms with Crippen LogP contribution in [0, 0.1) is 5.92 Å². The Kier molecular flexibility index (Phi) is 4.58. The number of hydrogen-bond acceptors (Lipinski definition) is 0. The minimum atomic E-state index is 0.643. The fourth-order valence-electron chi connectivity index (χ4n) is 2.62. The fourth-order valence-corrected chi connectivity index (χ4v) is 2.62. The van der Waals surface area contributed by atoms with Gasteiger partial charge in [-0.25, -0.2) is 0 Å². The van der Waals surface area contributed by atoms with E-state index in [1.165, 1.54) is 24.0 Å². The normalized spacial score (nSPS) is 14.1. The lowest BCUT2D eigenvalue weighted by Gasteiger charge is -2.17. The number of hydrogen-bond donors (Lipinski definition) is 0. The van der Waals surface area contributed by atoms with Crippen LogP contribution in [0.5, 0.6) is 0 Å². The topological polar surface area (TPSA) is 0 Å². The first-order valence-electron chi connectivity index (χ1n) is 6.84. The summed E-state index contributed by atoms with van der Waals surface area (Å²) in [6.45, 7) is 4.68. The van der Waals surface area contributed by atoms with Gasteiger partial charge in [-0.1, -0.05) is 74.5 Å². The van der Waals surface area contributed by atoms with E-state index < -0.39 is 0 Å². The van der Waals surface area contributed by atoms with Crippen LogP contribution in [0.3, 0.4) is 0 Å². The van der Waals surface area contributed by atoms with E-state index >= 15 is 0 Å². The van der Waals surface area contributed by atoms with Gasteiger partial charge in [0.1, 0.15) is 0 Å². The highest BCUT2D eigenvalue weighted by atomic mass is 14.2. The van der Waals surface area contributed by atoms with Crippen molar-refractivity contribution < 1.29 is 0 Å². The average Bonchev–Trinajstić information content (AvgIpc) is 2.40. The molecule has 0 heterocycles. The maximum Gasteiger partial charge on any atom is -0.0188 e. The molecule has 0 aliphatic heterocycles. The third-order valence-electron chi connectivity index (χ3n) is 3.55. The van der Waals surface area contributed by atoms with Crippen LogP contribution in [0.4, 0.5) is 0 Å². The second-order valence-corrected chi connectivity index (χ2v) is 5.34. The first-order valence-corrected chi connectivity index (χ1v) is 6.84. The molecule has 2 atom stereocenters. The Hall–Kier alpha value is -1.56. The molecule has 0 radical (unpaired) electrons. The Labute approximate surface area is 111 Å². The van der Waals surface area contributed by atoms with Crippen LogP contribution < -0.4 is 0 Å². The molecule has 18 heavy (non-hydrogen) atoms. The summed E-state index contributed by atoms with van der Waals surface area (Å²) in [4.78, 5) is 0. The predicted molar refractivity (Wildman–Crippen MR) is 78.8 cm³/mol. The summed E-state index contributed by atoms with van der Waals surface area (Å²) < 4.78 is 0. The van der Waals surface area contributed by atoms with Crippen molar-refractivity contribution in [2.45, 2.75) is 32.6 Å². The summed E-state index contributed by atoms with van der Waals surface area (Å²) in [5, 5.41) is 0. The van der Waals surface area contributed by atoms with Gasteiger partial charge in [0.2, 0.25) is 0 Å². The molecule has 2 rings (SSSR count). The molecule has 0 nitrogen and oxygen atoms in total. The quantitative estimate of drug-likeness (QED) is 0.683. The van der Waals surface area contributed by atoms with Crippen LogP contribution in [0.15, 0.2) is 60.7 Å². The summed E-state index contributed by atoms with van der Waals surface area (Å²) in [6, 6.07) is 21.6. The van der Waals surface area contributed by atoms with Gasteiger partial charge in [-0.3, -0.25) is 0 Å². The molecule has 94 valence electrons. The first kappa shape index (κ1) is 12.9. The van der Waals surface area contributed by atoms with Gasteiger partial charge in [-0.05, 0) is 35.8 Å². The van der Waals surface area contributed by atoms with Gasteiger partial charge in [0, 0.05) is 0 Å². The van der Waals surface area contributed by atoms with Crippen molar-refractivity contribution in [3.63, 3.8) is 0 Å². The zero-order chi connectivity index (χ0) is 12.8. The second kappa shape index (κ2) is 6.39. The molecule has 0 amide bonds. The Bertz CT molecular complexity index is 444. The fraction of sp³-hybridized carbons (Fsp3) is 0.333. The molecule has 2 aromatic carbocycles. The largest absolute Gasteiger partial charge is 0.0622 e. The highest BCUT2D eigenvalue weighted by Crippen LogP contribution is 2.24.